The third-order valence-electron chi connectivity index (χ3n) is 5.14. The first-order valence-electron chi connectivity index (χ1n) is 8.09. The maximum Gasteiger partial charge on any atom is 0.173 e. The van der Waals surface area contributed by atoms with Crippen LogP contribution in [0.1, 0.15) is 39.3 Å². The number of rotatable bonds is 3. The third kappa shape index (κ3) is 3.31. The Morgan fingerprint density at radius 3 is 2.29 bits per heavy atom. The summed E-state index contributed by atoms with van der Waals surface area (Å²) in [5, 5.41) is 0.457. The molecule has 24 heavy (non-hydrogen) atoms. The summed E-state index contributed by atoms with van der Waals surface area (Å²) in [6.45, 7) is 8.73. The summed E-state index contributed by atoms with van der Waals surface area (Å²) in [6.07, 6.45) is 0. The Morgan fingerprint density at radius 1 is 1.08 bits per heavy atom. The predicted molar refractivity (Wildman–Crippen MR) is 97.0 cm³/mol. The summed E-state index contributed by atoms with van der Waals surface area (Å²) in [5.74, 6) is 0.261. The minimum Gasteiger partial charge on any atom is -0.454 e. The molecule has 126 valence electrons. The monoisotopic (exact) mass is 346 g/mol. The van der Waals surface area contributed by atoms with Gasteiger partial charge in [0.25, 0.3) is 0 Å². The van der Waals surface area contributed by atoms with Crippen molar-refractivity contribution in [2.75, 3.05) is 0 Å². The number of hydrogen-bond acceptors (Lipinski definition) is 2. The molecule has 2 nitrogen and oxygen atoms in total. The zero-order valence-electron chi connectivity index (χ0n) is 14.4. The van der Waals surface area contributed by atoms with E-state index in [1.807, 2.05) is 24.3 Å². The van der Waals surface area contributed by atoms with Gasteiger partial charge in [-0.2, -0.15) is 0 Å². The molecular weight excluding hydrogens is 325 g/mol. The molecule has 0 spiro atoms. The molecule has 1 unspecified atom stereocenters. The van der Waals surface area contributed by atoms with E-state index in [9.17, 15) is 4.39 Å². The van der Waals surface area contributed by atoms with Crippen molar-refractivity contribution in [1.29, 1.82) is 0 Å². The summed E-state index contributed by atoms with van der Waals surface area (Å²) in [4.78, 5) is 0. The molecule has 0 bridgehead atoms. The van der Waals surface area contributed by atoms with E-state index in [1.165, 1.54) is 12.1 Å². The molecule has 0 aliphatic carbocycles. The van der Waals surface area contributed by atoms with E-state index in [0.29, 0.717) is 10.8 Å². The largest absolute Gasteiger partial charge is 0.454 e. The van der Waals surface area contributed by atoms with Crippen LogP contribution in [0, 0.1) is 5.82 Å². The van der Waals surface area contributed by atoms with Crippen LogP contribution >= 0.6 is 11.6 Å². The summed E-state index contributed by atoms with van der Waals surface area (Å²) in [7, 11) is 0.964. The van der Waals surface area contributed by atoms with E-state index in [0.717, 1.165) is 12.8 Å². The summed E-state index contributed by atoms with van der Waals surface area (Å²) >= 11 is 5.75. The van der Waals surface area contributed by atoms with Crippen LogP contribution < -0.4 is 4.74 Å². The Labute approximate surface area is 148 Å². The van der Waals surface area contributed by atoms with Gasteiger partial charge in [0.2, 0.25) is 0 Å². The average molecular weight is 347 g/mol. The molecule has 1 atom stereocenters. The number of ether oxygens (including phenoxy) is 2. The van der Waals surface area contributed by atoms with Crippen LogP contribution in [0.5, 0.6) is 11.5 Å². The Kier molecular flexibility index (Phi) is 4.39. The number of hydrogen-bond donors (Lipinski definition) is 0. The molecule has 0 aromatic heterocycles. The highest BCUT2D eigenvalue weighted by molar-refractivity contribution is 6.43. The molecule has 1 aliphatic heterocycles. The van der Waals surface area contributed by atoms with Crippen LogP contribution in [0.4, 0.5) is 4.39 Å². The first kappa shape index (κ1) is 17.3. The van der Waals surface area contributed by atoms with Crippen molar-refractivity contribution in [3.63, 3.8) is 0 Å². The van der Waals surface area contributed by atoms with Crippen LogP contribution in [0.15, 0.2) is 42.5 Å². The molecule has 0 saturated carbocycles. The Bertz CT molecular complexity index is 728. The molecule has 0 N–H and O–H groups in total. The van der Waals surface area contributed by atoms with Crippen molar-refractivity contribution in [1.82, 2.24) is 0 Å². The topological polar surface area (TPSA) is 18.5 Å². The standard InChI is InChI=1S/C19H21BClFO2/c1-18(2)19(3,4)24-17(20-18)12-5-8-14(9-6-12)23-16-10-7-13(21)11-15(16)22/h5-11,17,20H,1-4H3. The second-order valence-corrected chi connectivity index (χ2v) is 7.89. The lowest BCUT2D eigenvalue weighted by Gasteiger charge is -2.33. The molecule has 0 amide bonds. The third-order valence-corrected chi connectivity index (χ3v) is 5.37. The van der Waals surface area contributed by atoms with Gasteiger partial charge >= 0.3 is 0 Å². The predicted octanol–water partition coefficient (Wildman–Crippen LogP) is 5.71. The van der Waals surface area contributed by atoms with Crippen LogP contribution in [-0.2, 0) is 4.74 Å². The van der Waals surface area contributed by atoms with Gasteiger partial charge in [-0.15, -0.1) is 0 Å². The summed E-state index contributed by atoms with van der Waals surface area (Å²) in [5.41, 5.74) is 0.941. The minimum absolute atomic E-state index is 0.0660. The van der Waals surface area contributed by atoms with E-state index in [2.05, 4.69) is 27.7 Å². The van der Waals surface area contributed by atoms with E-state index in [4.69, 9.17) is 21.1 Å². The highest BCUT2D eigenvalue weighted by Gasteiger charge is 2.48. The Balaban J connectivity index is 1.75. The minimum atomic E-state index is -0.478. The van der Waals surface area contributed by atoms with Gasteiger partial charge in [0, 0.05) is 5.02 Å². The highest BCUT2D eigenvalue weighted by atomic mass is 35.5. The fraction of sp³-hybridized carbons (Fsp3) is 0.368. The zero-order valence-corrected chi connectivity index (χ0v) is 15.2. The van der Waals surface area contributed by atoms with E-state index >= 15 is 0 Å². The van der Waals surface area contributed by atoms with E-state index < -0.39 is 5.82 Å². The summed E-state index contributed by atoms with van der Waals surface area (Å²) < 4.78 is 25.6. The Hall–Kier alpha value is -1.52. The molecule has 2 aromatic rings. The Morgan fingerprint density at radius 2 is 1.75 bits per heavy atom. The number of benzene rings is 2. The van der Waals surface area contributed by atoms with Crippen LogP contribution in [-0.4, -0.2) is 12.9 Å². The van der Waals surface area contributed by atoms with E-state index in [-0.39, 0.29) is 22.7 Å². The molecule has 1 saturated heterocycles. The highest BCUT2D eigenvalue weighted by Crippen LogP contribution is 2.51. The van der Waals surface area contributed by atoms with Crippen LogP contribution in [0.3, 0.4) is 0 Å². The SMILES string of the molecule is CC1(C)BC(c2ccc(Oc3ccc(Cl)cc3F)cc2)OC1(C)C. The van der Waals surface area contributed by atoms with Gasteiger partial charge < -0.3 is 9.47 Å². The van der Waals surface area contributed by atoms with Crippen molar-refractivity contribution >= 4 is 18.9 Å². The second-order valence-electron chi connectivity index (χ2n) is 7.45. The molecule has 1 heterocycles. The van der Waals surface area contributed by atoms with Gasteiger partial charge in [-0.25, -0.2) is 4.39 Å². The van der Waals surface area contributed by atoms with Gasteiger partial charge in [0.1, 0.15) is 5.75 Å². The molecule has 3 rings (SSSR count). The number of halogens is 2. The molecule has 0 radical (unpaired) electrons. The maximum absolute atomic E-state index is 13.8. The zero-order chi connectivity index (χ0) is 17.5. The molecule has 1 aliphatic rings. The van der Waals surface area contributed by atoms with Crippen molar-refractivity contribution in [2.45, 2.75) is 44.6 Å². The van der Waals surface area contributed by atoms with Gasteiger partial charge in [0.05, 0.1) is 11.6 Å². The van der Waals surface area contributed by atoms with Crippen molar-refractivity contribution < 1.29 is 13.9 Å². The second kappa shape index (κ2) is 6.09. The first-order valence-corrected chi connectivity index (χ1v) is 8.46. The van der Waals surface area contributed by atoms with Crippen LogP contribution in [0.25, 0.3) is 0 Å². The smallest absolute Gasteiger partial charge is 0.173 e. The van der Waals surface area contributed by atoms with Crippen molar-refractivity contribution in [3.8, 4) is 11.5 Å². The van der Waals surface area contributed by atoms with Crippen molar-refractivity contribution in [3.05, 3.63) is 58.9 Å². The maximum atomic E-state index is 13.8. The molecular formula is C19H21BClFO2. The van der Waals surface area contributed by atoms with E-state index in [1.54, 1.807) is 6.07 Å². The average Bonchev–Trinajstić information content (AvgIpc) is 2.71. The van der Waals surface area contributed by atoms with Gasteiger partial charge in [-0.3, -0.25) is 0 Å². The fourth-order valence-electron chi connectivity index (χ4n) is 2.89. The summed E-state index contributed by atoms with van der Waals surface area (Å²) in [6, 6.07) is 12.1. The molecule has 2 aromatic carbocycles. The fourth-order valence-corrected chi connectivity index (χ4v) is 3.05. The van der Waals surface area contributed by atoms with Crippen LogP contribution in [0.2, 0.25) is 10.3 Å². The van der Waals surface area contributed by atoms with Crippen molar-refractivity contribution in [2.24, 2.45) is 0 Å². The first-order chi connectivity index (χ1) is 11.2. The molecule has 5 heteroatoms. The molecule has 1 fully saturated rings. The normalized spacial score (nSPS) is 21.3. The lowest BCUT2D eigenvalue weighted by atomic mass is 9.47. The van der Waals surface area contributed by atoms with Gasteiger partial charge in [0.15, 0.2) is 18.8 Å². The quantitative estimate of drug-likeness (QED) is 0.662. The van der Waals surface area contributed by atoms with Gasteiger partial charge in [-0.1, -0.05) is 37.6 Å². The lowest BCUT2D eigenvalue weighted by molar-refractivity contribution is -0.0342. The van der Waals surface area contributed by atoms with Gasteiger partial charge in [-0.05, 0) is 55.1 Å². The lowest BCUT2D eigenvalue weighted by Crippen LogP contribution is -2.31.